The van der Waals surface area contributed by atoms with Crippen LogP contribution in [0.1, 0.15) is 59.3 Å². The number of aliphatic hydroxyl groups is 6. The van der Waals surface area contributed by atoms with Crippen molar-refractivity contribution in [3.05, 3.63) is 23.3 Å². The average Bonchev–Trinajstić information content (AvgIpc) is 3.55. The van der Waals surface area contributed by atoms with Gasteiger partial charge < -0.3 is 54.3 Å². The number of carbonyl (C=O) groups is 2. The Hall–Kier alpha value is -1.94. The lowest BCUT2D eigenvalue weighted by molar-refractivity contribution is -0.301. The van der Waals surface area contributed by atoms with Crippen molar-refractivity contribution in [2.75, 3.05) is 26.4 Å². The molecule has 13 nitrogen and oxygen atoms in total. The zero-order chi connectivity index (χ0) is 32.0. The molecule has 3 fully saturated rings. The van der Waals surface area contributed by atoms with Crippen LogP contribution in [0.2, 0.25) is 0 Å². The Labute approximate surface area is 256 Å². The first-order chi connectivity index (χ1) is 20.7. The van der Waals surface area contributed by atoms with Crippen molar-refractivity contribution in [1.82, 2.24) is 0 Å². The Morgan fingerprint density at radius 3 is 2.50 bits per heavy atom. The van der Waals surface area contributed by atoms with Crippen LogP contribution in [-0.4, -0.2) is 118 Å². The normalized spacial score (nSPS) is 45.8. The summed E-state index contributed by atoms with van der Waals surface area (Å²) in [5.41, 5.74) is -1.10. The number of fused-ring (bicyclic) bond motifs is 1. The third kappa shape index (κ3) is 5.98. The lowest BCUT2D eigenvalue weighted by atomic mass is 9.46. The van der Waals surface area contributed by atoms with Gasteiger partial charge >= 0.3 is 11.9 Å². The van der Waals surface area contributed by atoms with E-state index in [2.05, 4.69) is 20.8 Å². The minimum atomic E-state index is -1.92. The molecule has 0 aromatic rings. The van der Waals surface area contributed by atoms with Gasteiger partial charge in [0.25, 0.3) is 0 Å². The topological polar surface area (TPSA) is 202 Å². The number of hydrogen-bond acceptors (Lipinski definition) is 13. The van der Waals surface area contributed by atoms with Crippen molar-refractivity contribution in [1.29, 1.82) is 0 Å². The maximum Gasteiger partial charge on any atom is 0.336 e. The second kappa shape index (κ2) is 12.7. The summed E-state index contributed by atoms with van der Waals surface area (Å²) in [6.45, 7) is 5.29. The standard InChI is InChI=1S/C31H46O13/c1-16-7-9-30(3)18(5-4-6-20(30)29(16,2)10-8-17-11-21(33)40-12-17)26(38)44-27-24(36)23(35)22(34)19(43-27)13-41-28-25(37)31(39,14-32)15-42-28/h5,11,16,19-20,22-25,27-28,32,34-37,39H,4,6-10,12-15H2,1-3H3/t16-,19-,20-,22-,23+,24-,25+,27+,28-,29+,30-,31-/m1/s1. The Bertz CT molecular complexity index is 1160. The van der Waals surface area contributed by atoms with E-state index in [0.717, 1.165) is 37.7 Å². The molecule has 0 unspecified atom stereocenters. The third-order valence-corrected chi connectivity index (χ3v) is 11.0. The van der Waals surface area contributed by atoms with Gasteiger partial charge in [-0.1, -0.05) is 26.8 Å². The van der Waals surface area contributed by atoms with Crippen molar-refractivity contribution >= 4 is 11.9 Å². The van der Waals surface area contributed by atoms with E-state index < -0.39 is 73.3 Å². The fourth-order valence-electron chi connectivity index (χ4n) is 7.86. The smallest absolute Gasteiger partial charge is 0.336 e. The molecule has 0 aromatic carbocycles. The van der Waals surface area contributed by atoms with E-state index in [-0.39, 0.29) is 23.9 Å². The Kier molecular flexibility index (Phi) is 9.64. The fourth-order valence-corrected chi connectivity index (χ4v) is 7.86. The number of cyclic esters (lactones) is 1. The number of carbonyl (C=O) groups excluding carboxylic acids is 2. The van der Waals surface area contributed by atoms with Crippen LogP contribution in [0, 0.1) is 22.7 Å². The molecule has 2 saturated heterocycles. The molecule has 44 heavy (non-hydrogen) atoms. The van der Waals surface area contributed by atoms with E-state index in [4.69, 9.17) is 23.7 Å². The van der Waals surface area contributed by atoms with Gasteiger partial charge in [0.2, 0.25) is 6.29 Å². The van der Waals surface area contributed by atoms with Gasteiger partial charge in [-0.05, 0) is 61.3 Å². The highest BCUT2D eigenvalue weighted by Gasteiger charge is 2.56. The molecular formula is C31H46O13. The predicted octanol–water partition coefficient (Wildman–Crippen LogP) is -0.163. The molecule has 0 spiro atoms. The molecule has 12 atom stereocenters. The van der Waals surface area contributed by atoms with Crippen molar-refractivity contribution in [2.24, 2.45) is 22.7 Å². The molecule has 0 amide bonds. The number of aliphatic hydroxyl groups excluding tert-OH is 5. The summed E-state index contributed by atoms with van der Waals surface area (Å²) in [7, 11) is 0. The van der Waals surface area contributed by atoms with Crippen LogP contribution in [0.15, 0.2) is 23.3 Å². The third-order valence-electron chi connectivity index (χ3n) is 11.0. The minimum Gasteiger partial charge on any atom is -0.458 e. The highest BCUT2D eigenvalue weighted by atomic mass is 16.7. The molecule has 5 aliphatic rings. The molecule has 3 heterocycles. The van der Waals surface area contributed by atoms with E-state index in [9.17, 15) is 40.2 Å². The summed E-state index contributed by atoms with van der Waals surface area (Å²) in [6.07, 6.45) is -2.74. The van der Waals surface area contributed by atoms with Gasteiger partial charge in [0.05, 0.1) is 19.8 Å². The van der Waals surface area contributed by atoms with Gasteiger partial charge in [-0.15, -0.1) is 0 Å². The van der Waals surface area contributed by atoms with Crippen LogP contribution in [0.4, 0.5) is 0 Å². The van der Waals surface area contributed by atoms with Crippen LogP contribution < -0.4 is 0 Å². The molecule has 0 bridgehead atoms. The number of rotatable bonds is 9. The van der Waals surface area contributed by atoms with Crippen LogP contribution in [0.25, 0.3) is 0 Å². The molecule has 1 saturated carbocycles. The summed E-state index contributed by atoms with van der Waals surface area (Å²) >= 11 is 0. The largest absolute Gasteiger partial charge is 0.458 e. The Morgan fingerprint density at radius 1 is 1.09 bits per heavy atom. The molecule has 5 rings (SSSR count). The summed E-state index contributed by atoms with van der Waals surface area (Å²) in [5, 5.41) is 61.5. The van der Waals surface area contributed by atoms with E-state index in [1.807, 2.05) is 6.08 Å². The van der Waals surface area contributed by atoms with Crippen molar-refractivity contribution in [3.8, 4) is 0 Å². The number of ether oxygens (including phenoxy) is 5. The summed E-state index contributed by atoms with van der Waals surface area (Å²) in [5.74, 6) is -0.465. The van der Waals surface area contributed by atoms with Gasteiger partial charge in [-0.25, -0.2) is 9.59 Å². The highest BCUT2D eigenvalue weighted by Crippen LogP contribution is 2.62. The van der Waals surface area contributed by atoms with Gasteiger partial charge in [0.1, 0.15) is 42.7 Å². The molecule has 6 N–H and O–H groups in total. The first kappa shape index (κ1) is 33.4. The zero-order valence-electron chi connectivity index (χ0n) is 25.5. The summed E-state index contributed by atoms with van der Waals surface area (Å²) in [6, 6.07) is 0. The van der Waals surface area contributed by atoms with Crippen LogP contribution in [-0.2, 0) is 33.3 Å². The predicted molar refractivity (Wildman–Crippen MR) is 150 cm³/mol. The molecule has 0 radical (unpaired) electrons. The fraction of sp³-hybridized carbons (Fsp3) is 0.806. The van der Waals surface area contributed by atoms with Crippen molar-refractivity contribution < 1.29 is 63.9 Å². The minimum absolute atomic E-state index is 0.127. The van der Waals surface area contributed by atoms with E-state index >= 15 is 0 Å². The maximum atomic E-state index is 13.8. The molecule has 2 aliphatic carbocycles. The SMILES string of the molecule is C[C@@H]1CC[C@]2(C)C(C(=O)O[C@@H]3O[C@H](CO[C@@H]4OC[C@](O)(CO)[C@H]4O)[C@@H](O)[C@H](O)[C@H]3O)=CCC[C@@H]2[C@@]1(C)CCC1=CC(=O)OC1. The number of esters is 2. The monoisotopic (exact) mass is 626 g/mol. The first-order valence-electron chi connectivity index (χ1n) is 15.5. The van der Waals surface area contributed by atoms with Crippen molar-refractivity contribution in [3.63, 3.8) is 0 Å². The van der Waals surface area contributed by atoms with E-state index in [1.165, 1.54) is 0 Å². The quantitative estimate of drug-likeness (QED) is 0.185. The van der Waals surface area contributed by atoms with E-state index in [1.54, 1.807) is 6.08 Å². The lowest BCUT2D eigenvalue weighted by Crippen LogP contribution is -2.60. The second-order valence-electron chi connectivity index (χ2n) is 13.7. The summed E-state index contributed by atoms with van der Waals surface area (Å²) in [4.78, 5) is 25.3. The molecule has 13 heteroatoms. The molecular weight excluding hydrogens is 580 g/mol. The number of hydrogen-bond donors (Lipinski definition) is 6. The molecule has 248 valence electrons. The van der Waals surface area contributed by atoms with Crippen molar-refractivity contribution in [2.45, 2.75) is 108 Å². The Morgan fingerprint density at radius 2 is 1.84 bits per heavy atom. The number of allylic oxidation sites excluding steroid dienone is 1. The van der Waals surface area contributed by atoms with E-state index in [0.29, 0.717) is 24.5 Å². The van der Waals surface area contributed by atoms with Gasteiger partial charge in [-0.2, -0.15) is 0 Å². The maximum absolute atomic E-state index is 13.8. The van der Waals surface area contributed by atoms with Gasteiger partial charge in [0.15, 0.2) is 6.29 Å². The second-order valence-corrected chi connectivity index (χ2v) is 13.7. The van der Waals surface area contributed by atoms with Crippen LogP contribution in [0.5, 0.6) is 0 Å². The van der Waals surface area contributed by atoms with Crippen LogP contribution in [0.3, 0.4) is 0 Å². The van der Waals surface area contributed by atoms with Gasteiger partial charge in [-0.3, -0.25) is 0 Å². The zero-order valence-corrected chi connectivity index (χ0v) is 25.5. The van der Waals surface area contributed by atoms with Crippen LogP contribution >= 0.6 is 0 Å². The highest BCUT2D eigenvalue weighted by molar-refractivity contribution is 5.90. The lowest BCUT2D eigenvalue weighted by Gasteiger charge is -2.58. The average molecular weight is 627 g/mol. The summed E-state index contributed by atoms with van der Waals surface area (Å²) < 4.78 is 27.1. The Balaban J connectivity index is 1.26. The molecule has 3 aliphatic heterocycles. The molecule has 0 aromatic heterocycles. The van der Waals surface area contributed by atoms with Gasteiger partial charge in [0, 0.05) is 17.1 Å². The first-order valence-corrected chi connectivity index (χ1v) is 15.5.